The third-order valence-corrected chi connectivity index (χ3v) is 4.10. The van der Waals surface area contributed by atoms with E-state index >= 15 is 0 Å². The van der Waals surface area contributed by atoms with Crippen molar-refractivity contribution in [1.82, 2.24) is 4.98 Å². The fraction of sp³-hybridized carbons (Fsp3) is 0.600. The van der Waals surface area contributed by atoms with Gasteiger partial charge in [0.15, 0.2) is 0 Å². The molecule has 0 saturated carbocycles. The van der Waals surface area contributed by atoms with Gasteiger partial charge in [0, 0.05) is 5.38 Å². The van der Waals surface area contributed by atoms with Gasteiger partial charge < -0.3 is 15.0 Å². The maximum atomic E-state index is 11.0. The summed E-state index contributed by atoms with van der Waals surface area (Å²) in [6.07, 6.45) is 0. The van der Waals surface area contributed by atoms with Crippen molar-refractivity contribution >= 4 is 29.3 Å². The van der Waals surface area contributed by atoms with Gasteiger partial charge >= 0.3 is 7.12 Å². The number of thiazole rings is 1. The van der Waals surface area contributed by atoms with Crippen LogP contribution in [0.4, 0.5) is 0 Å². The van der Waals surface area contributed by atoms with Crippen LogP contribution in [0.5, 0.6) is 0 Å². The van der Waals surface area contributed by atoms with E-state index in [0.29, 0.717) is 4.91 Å². The van der Waals surface area contributed by atoms with Gasteiger partial charge in [0.05, 0.1) is 11.2 Å². The molecule has 2 N–H and O–H groups in total. The van der Waals surface area contributed by atoms with Crippen LogP contribution in [0.2, 0.25) is 0 Å². The van der Waals surface area contributed by atoms with Crippen molar-refractivity contribution in [3.8, 4) is 0 Å². The Morgan fingerprint density at radius 2 is 1.88 bits per heavy atom. The lowest BCUT2D eigenvalue weighted by Gasteiger charge is -2.32. The monoisotopic (exact) mass is 254 g/mol. The molecule has 1 amide bonds. The predicted octanol–water partition coefficient (Wildman–Crippen LogP) is 0.541. The van der Waals surface area contributed by atoms with Crippen molar-refractivity contribution in [2.75, 3.05) is 0 Å². The van der Waals surface area contributed by atoms with E-state index in [0.717, 1.165) is 0 Å². The Hall–Kier alpha value is -0.915. The SMILES string of the molecule is CC1(C)OB(c2nc(C(N)=O)cs2)OC1(C)C. The molecule has 1 aromatic rings. The van der Waals surface area contributed by atoms with Crippen LogP contribution in [-0.2, 0) is 9.31 Å². The number of primary amides is 1. The maximum Gasteiger partial charge on any atom is 0.525 e. The summed E-state index contributed by atoms with van der Waals surface area (Å²) in [6.45, 7) is 7.87. The lowest BCUT2D eigenvalue weighted by atomic mass is 9.90. The minimum absolute atomic E-state index is 0.250. The number of hydrogen-bond acceptors (Lipinski definition) is 5. The summed E-state index contributed by atoms with van der Waals surface area (Å²) in [5.74, 6) is -0.538. The normalized spacial score (nSPS) is 21.8. The van der Waals surface area contributed by atoms with Crippen LogP contribution < -0.4 is 10.6 Å². The molecule has 0 aliphatic carbocycles. The molecule has 1 aliphatic heterocycles. The van der Waals surface area contributed by atoms with E-state index in [-0.39, 0.29) is 5.69 Å². The molecule has 92 valence electrons. The standard InChI is InChI=1S/C10H15BN2O3S/c1-9(2)10(3,4)16-11(15-9)8-13-6(5-17-8)7(12)14/h5H,1-4H3,(H2,12,14). The van der Waals surface area contributed by atoms with E-state index in [4.69, 9.17) is 15.0 Å². The van der Waals surface area contributed by atoms with Crippen LogP contribution in [0.25, 0.3) is 0 Å². The molecule has 1 fully saturated rings. The number of nitrogens with two attached hydrogens (primary N) is 1. The Morgan fingerprint density at radius 1 is 1.35 bits per heavy atom. The van der Waals surface area contributed by atoms with Gasteiger partial charge in [0.2, 0.25) is 0 Å². The van der Waals surface area contributed by atoms with E-state index in [1.54, 1.807) is 5.38 Å². The van der Waals surface area contributed by atoms with E-state index in [1.807, 2.05) is 27.7 Å². The quantitative estimate of drug-likeness (QED) is 0.781. The molecular weight excluding hydrogens is 239 g/mol. The number of carbonyl (C=O) groups excluding carboxylic acids is 1. The minimum atomic E-state index is -0.538. The van der Waals surface area contributed by atoms with Crippen molar-refractivity contribution < 1.29 is 14.1 Å². The highest BCUT2D eigenvalue weighted by atomic mass is 32.1. The summed E-state index contributed by atoms with van der Waals surface area (Å²) in [5.41, 5.74) is 4.59. The number of aromatic nitrogens is 1. The molecule has 0 radical (unpaired) electrons. The highest BCUT2D eigenvalue weighted by Gasteiger charge is 2.52. The first-order chi connectivity index (χ1) is 7.73. The zero-order valence-electron chi connectivity index (χ0n) is 10.3. The third-order valence-electron chi connectivity index (χ3n) is 3.23. The highest BCUT2D eigenvalue weighted by Crippen LogP contribution is 2.36. The van der Waals surface area contributed by atoms with Gasteiger partial charge in [-0.15, -0.1) is 11.3 Å². The predicted molar refractivity (Wildman–Crippen MR) is 66.3 cm³/mol. The van der Waals surface area contributed by atoms with Gasteiger partial charge in [-0.2, -0.15) is 0 Å². The molecule has 2 heterocycles. The number of rotatable bonds is 2. The molecule has 0 atom stereocenters. The van der Waals surface area contributed by atoms with Crippen molar-refractivity contribution in [3.63, 3.8) is 0 Å². The largest absolute Gasteiger partial charge is 0.525 e. The molecule has 0 unspecified atom stereocenters. The van der Waals surface area contributed by atoms with Crippen molar-refractivity contribution in [1.29, 1.82) is 0 Å². The molecule has 7 heteroatoms. The average molecular weight is 254 g/mol. The highest BCUT2D eigenvalue weighted by molar-refractivity contribution is 7.20. The molecule has 0 spiro atoms. The second-order valence-electron chi connectivity index (χ2n) is 5.02. The van der Waals surface area contributed by atoms with Gasteiger partial charge in [0.1, 0.15) is 10.6 Å². The van der Waals surface area contributed by atoms with E-state index in [9.17, 15) is 4.79 Å². The van der Waals surface area contributed by atoms with Crippen LogP contribution >= 0.6 is 11.3 Å². The van der Waals surface area contributed by atoms with Gasteiger partial charge in [-0.1, -0.05) is 0 Å². The van der Waals surface area contributed by atoms with E-state index in [1.165, 1.54) is 11.3 Å². The van der Waals surface area contributed by atoms with Crippen LogP contribution in [0.3, 0.4) is 0 Å². The summed E-state index contributed by atoms with van der Waals surface area (Å²) in [4.78, 5) is 15.7. The molecule has 1 aromatic heterocycles. The van der Waals surface area contributed by atoms with Gasteiger partial charge in [-0.25, -0.2) is 4.98 Å². The molecule has 0 aromatic carbocycles. The summed E-state index contributed by atoms with van der Waals surface area (Å²) >= 11 is 1.31. The van der Waals surface area contributed by atoms with Gasteiger partial charge in [-0.3, -0.25) is 4.79 Å². The zero-order chi connectivity index (χ0) is 12.8. The Kier molecular flexibility index (Phi) is 2.80. The van der Waals surface area contributed by atoms with Crippen LogP contribution in [0.1, 0.15) is 38.2 Å². The average Bonchev–Trinajstić information content (AvgIpc) is 2.70. The second-order valence-corrected chi connectivity index (χ2v) is 5.91. The molecule has 1 saturated heterocycles. The zero-order valence-corrected chi connectivity index (χ0v) is 11.1. The molecule has 1 aliphatic rings. The first-order valence-corrected chi connectivity index (χ1v) is 6.22. The first kappa shape index (κ1) is 12.5. The summed E-state index contributed by atoms with van der Waals surface area (Å²) in [7, 11) is -0.530. The lowest BCUT2D eigenvalue weighted by molar-refractivity contribution is 0.00578. The van der Waals surface area contributed by atoms with Crippen LogP contribution in [0.15, 0.2) is 5.38 Å². The topological polar surface area (TPSA) is 74.4 Å². The molecule has 2 rings (SSSR count). The Bertz CT molecular complexity index is 442. The lowest BCUT2D eigenvalue weighted by Crippen LogP contribution is -2.41. The third kappa shape index (κ3) is 2.10. The fourth-order valence-electron chi connectivity index (χ4n) is 1.45. The number of amides is 1. The second kappa shape index (κ2) is 3.79. The first-order valence-electron chi connectivity index (χ1n) is 5.34. The van der Waals surface area contributed by atoms with Crippen molar-refractivity contribution in [2.45, 2.75) is 38.9 Å². The summed E-state index contributed by atoms with van der Waals surface area (Å²) in [6, 6.07) is 0. The fourth-order valence-corrected chi connectivity index (χ4v) is 2.21. The number of nitrogens with zero attached hydrogens (tertiary/aromatic N) is 1. The Balaban J connectivity index is 2.23. The molecule has 5 nitrogen and oxygen atoms in total. The number of hydrogen-bond donors (Lipinski definition) is 1. The molecular formula is C10H15BN2O3S. The van der Waals surface area contributed by atoms with E-state index in [2.05, 4.69) is 4.98 Å². The smallest absolute Gasteiger partial charge is 0.398 e. The molecule has 0 bridgehead atoms. The molecule has 17 heavy (non-hydrogen) atoms. The van der Waals surface area contributed by atoms with Crippen molar-refractivity contribution in [2.24, 2.45) is 5.73 Å². The maximum absolute atomic E-state index is 11.0. The Labute approximate surface area is 104 Å². The number of carbonyl (C=O) groups is 1. The Morgan fingerprint density at radius 3 is 2.29 bits per heavy atom. The minimum Gasteiger partial charge on any atom is -0.398 e. The van der Waals surface area contributed by atoms with Gasteiger partial charge in [-0.05, 0) is 27.7 Å². The van der Waals surface area contributed by atoms with Crippen LogP contribution in [0, 0.1) is 0 Å². The van der Waals surface area contributed by atoms with E-state index < -0.39 is 24.2 Å². The summed E-state index contributed by atoms with van der Waals surface area (Å²) in [5, 5.41) is 1.61. The van der Waals surface area contributed by atoms with Crippen LogP contribution in [-0.4, -0.2) is 29.2 Å². The van der Waals surface area contributed by atoms with Gasteiger partial charge in [0.25, 0.3) is 5.91 Å². The summed E-state index contributed by atoms with van der Waals surface area (Å²) < 4.78 is 11.6. The van der Waals surface area contributed by atoms with Crippen molar-refractivity contribution in [3.05, 3.63) is 11.1 Å².